The molecule has 0 unspecified atom stereocenters. The molecule has 2 aromatic carbocycles. The third-order valence-electron chi connectivity index (χ3n) is 2.90. The first-order valence-corrected chi connectivity index (χ1v) is 7.39. The molecule has 0 bridgehead atoms. The highest BCUT2D eigenvalue weighted by atomic mass is 32.2. The van der Waals surface area contributed by atoms with Gasteiger partial charge in [-0.1, -0.05) is 17.7 Å². The smallest absolute Gasteiger partial charge is 0.234 e. The van der Waals surface area contributed by atoms with Gasteiger partial charge in [-0.2, -0.15) is 0 Å². The normalized spacial score (nSPS) is 10.5. The number of nitrogens with one attached hydrogen (secondary N) is 1. The minimum atomic E-state index is -0.651. The second-order valence-corrected chi connectivity index (χ2v) is 5.75. The molecule has 21 heavy (non-hydrogen) atoms. The Morgan fingerprint density at radius 3 is 2.67 bits per heavy atom. The van der Waals surface area contributed by atoms with E-state index in [4.69, 9.17) is 0 Å². The highest BCUT2D eigenvalue weighted by molar-refractivity contribution is 8.00. The van der Waals surface area contributed by atoms with E-state index in [0.717, 1.165) is 34.2 Å². The molecule has 2 aromatic rings. The monoisotopic (exact) mass is 307 g/mol. The van der Waals surface area contributed by atoms with Crippen molar-refractivity contribution in [1.29, 1.82) is 0 Å². The van der Waals surface area contributed by atoms with Crippen LogP contribution in [-0.4, -0.2) is 11.7 Å². The summed E-state index contributed by atoms with van der Waals surface area (Å²) >= 11 is 1.37. The molecular weight excluding hydrogens is 292 g/mol. The number of rotatable bonds is 4. The first kappa shape index (κ1) is 15.5. The van der Waals surface area contributed by atoms with Gasteiger partial charge in [0.2, 0.25) is 5.91 Å². The summed E-state index contributed by atoms with van der Waals surface area (Å²) in [4.78, 5) is 12.8. The summed E-state index contributed by atoms with van der Waals surface area (Å²) in [5.74, 6) is -1.47. The lowest BCUT2D eigenvalue weighted by Gasteiger charge is -2.08. The number of hydrogen-bond acceptors (Lipinski definition) is 2. The summed E-state index contributed by atoms with van der Waals surface area (Å²) in [6.45, 7) is 3.94. The van der Waals surface area contributed by atoms with Crippen LogP contribution in [0.2, 0.25) is 0 Å². The summed E-state index contributed by atoms with van der Waals surface area (Å²) in [6.07, 6.45) is 0. The van der Waals surface area contributed by atoms with Gasteiger partial charge in [0.15, 0.2) is 0 Å². The molecule has 0 fully saturated rings. The Kier molecular flexibility index (Phi) is 4.96. The standard InChI is InChI=1S/C16H15F2NOS/c1-10-3-4-11(2)15(7-10)21-9-16(20)19-14-8-12(17)5-6-13(14)18/h3-8H,9H2,1-2H3,(H,19,20). The van der Waals surface area contributed by atoms with Crippen LogP contribution < -0.4 is 5.32 Å². The van der Waals surface area contributed by atoms with E-state index < -0.39 is 11.6 Å². The summed E-state index contributed by atoms with van der Waals surface area (Å²) in [6, 6.07) is 8.95. The molecule has 0 saturated heterocycles. The molecule has 0 spiro atoms. The Labute approximate surface area is 126 Å². The number of benzene rings is 2. The van der Waals surface area contributed by atoms with E-state index in [-0.39, 0.29) is 17.3 Å². The largest absolute Gasteiger partial charge is 0.323 e. The summed E-state index contributed by atoms with van der Waals surface area (Å²) in [7, 11) is 0. The Hall–Kier alpha value is -1.88. The lowest BCUT2D eigenvalue weighted by molar-refractivity contribution is -0.113. The third-order valence-corrected chi connectivity index (χ3v) is 4.06. The second-order valence-electron chi connectivity index (χ2n) is 4.73. The van der Waals surface area contributed by atoms with Gasteiger partial charge in [-0.05, 0) is 37.6 Å². The number of carbonyl (C=O) groups excluding carboxylic acids is 1. The van der Waals surface area contributed by atoms with Crippen molar-refractivity contribution in [1.82, 2.24) is 0 Å². The molecule has 0 atom stereocenters. The van der Waals surface area contributed by atoms with Crippen molar-refractivity contribution in [3.63, 3.8) is 0 Å². The average molecular weight is 307 g/mol. The molecule has 0 aliphatic heterocycles. The molecule has 0 aliphatic rings. The van der Waals surface area contributed by atoms with E-state index in [1.54, 1.807) is 0 Å². The van der Waals surface area contributed by atoms with Gasteiger partial charge in [-0.15, -0.1) is 11.8 Å². The van der Waals surface area contributed by atoms with E-state index in [0.29, 0.717) is 0 Å². The molecular formula is C16H15F2NOS. The van der Waals surface area contributed by atoms with Gasteiger partial charge in [0, 0.05) is 11.0 Å². The zero-order valence-electron chi connectivity index (χ0n) is 11.7. The van der Waals surface area contributed by atoms with Gasteiger partial charge >= 0.3 is 0 Å². The highest BCUT2D eigenvalue weighted by Crippen LogP contribution is 2.24. The fourth-order valence-electron chi connectivity index (χ4n) is 1.79. The number of anilines is 1. The molecule has 0 heterocycles. The van der Waals surface area contributed by atoms with Crippen LogP contribution in [0.15, 0.2) is 41.3 Å². The van der Waals surface area contributed by atoms with Crippen molar-refractivity contribution in [2.75, 3.05) is 11.1 Å². The van der Waals surface area contributed by atoms with Crippen LogP contribution in [-0.2, 0) is 4.79 Å². The predicted molar refractivity (Wildman–Crippen MR) is 81.6 cm³/mol. The molecule has 1 N–H and O–H groups in total. The van der Waals surface area contributed by atoms with Crippen LogP contribution in [0.3, 0.4) is 0 Å². The lowest BCUT2D eigenvalue weighted by Crippen LogP contribution is -2.15. The fraction of sp³-hybridized carbons (Fsp3) is 0.188. The van der Waals surface area contributed by atoms with E-state index in [9.17, 15) is 13.6 Å². The van der Waals surface area contributed by atoms with Crippen molar-refractivity contribution in [3.8, 4) is 0 Å². The van der Waals surface area contributed by atoms with Crippen LogP contribution in [0.25, 0.3) is 0 Å². The molecule has 2 nitrogen and oxygen atoms in total. The van der Waals surface area contributed by atoms with Crippen molar-refractivity contribution in [3.05, 3.63) is 59.2 Å². The minimum absolute atomic E-state index is 0.137. The summed E-state index contributed by atoms with van der Waals surface area (Å²) < 4.78 is 26.4. The zero-order valence-corrected chi connectivity index (χ0v) is 12.6. The quantitative estimate of drug-likeness (QED) is 0.853. The molecule has 5 heteroatoms. The van der Waals surface area contributed by atoms with Crippen LogP contribution in [0.5, 0.6) is 0 Å². The number of aryl methyl sites for hydroxylation is 2. The number of carbonyl (C=O) groups is 1. The topological polar surface area (TPSA) is 29.1 Å². The molecule has 0 aromatic heterocycles. The maximum absolute atomic E-state index is 13.4. The van der Waals surface area contributed by atoms with Gasteiger partial charge in [0.05, 0.1) is 11.4 Å². The van der Waals surface area contributed by atoms with Crippen molar-refractivity contribution >= 4 is 23.4 Å². The number of halogens is 2. The lowest BCUT2D eigenvalue weighted by atomic mass is 10.2. The van der Waals surface area contributed by atoms with Crippen molar-refractivity contribution in [2.45, 2.75) is 18.7 Å². The van der Waals surface area contributed by atoms with Crippen LogP contribution in [0, 0.1) is 25.5 Å². The van der Waals surface area contributed by atoms with Gasteiger partial charge in [-0.3, -0.25) is 4.79 Å². The number of thioether (sulfide) groups is 1. The fourth-order valence-corrected chi connectivity index (χ4v) is 2.71. The predicted octanol–water partition coefficient (Wildman–Crippen LogP) is 4.31. The Bertz CT molecular complexity index is 673. The zero-order chi connectivity index (χ0) is 15.4. The number of hydrogen-bond donors (Lipinski definition) is 1. The van der Waals surface area contributed by atoms with E-state index in [1.165, 1.54) is 11.8 Å². The van der Waals surface area contributed by atoms with Crippen molar-refractivity contribution < 1.29 is 13.6 Å². The van der Waals surface area contributed by atoms with Crippen LogP contribution in [0.4, 0.5) is 14.5 Å². The van der Waals surface area contributed by atoms with Gasteiger partial charge in [0.1, 0.15) is 11.6 Å². The van der Waals surface area contributed by atoms with Gasteiger partial charge in [0.25, 0.3) is 0 Å². The maximum Gasteiger partial charge on any atom is 0.234 e. The molecule has 110 valence electrons. The first-order chi connectivity index (χ1) is 9.95. The maximum atomic E-state index is 13.4. The SMILES string of the molecule is Cc1ccc(C)c(SCC(=O)Nc2cc(F)ccc2F)c1. The van der Waals surface area contributed by atoms with Gasteiger partial charge < -0.3 is 5.32 Å². The molecule has 0 radical (unpaired) electrons. The van der Waals surface area contributed by atoms with E-state index in [2.05, 4.69) is 5.32 Å². The molecule has 0 aliphatic carbocycles. The summed E-state index contributed by atoms with van der Waals surface area (Å²) in [5.41, 5.74) is 2.05. The second kappa shape index (κ2) is 6.72. The first-order valence-electron chi connectivity index (χ1n) is 6.40. The Morgan fingerprint density at radius 2 is 1.90 bits per heavy atom. The minimum Gasteiger partial charge on any atom is -0.323 e. The van der Waals surface area contributed by atoms with Crippen molar-refractivity contribution in [2.24, 2.45) is 0 Å². The Morgan fingerprint density at radius 1 is 1.14 bits per heavy atom. The molecule has 2 rings (SSSR count). The summed E-state index contributed by atoms with van der Waals surface area (Å²) in [5, 5.41) is 2.38. The van der Waals surface area contributed by atoms with E-state index in [1.807, 2.05) is 32.0 Å². The highest BCUT2D eigenvalue weighted by Gasteiger charge is 2.09. The third kappa shape index (κ3) is 4.29. The van der Waals surface area contributed by atoms with Gasteiger partial charge in [-0.25, -0.2) is 8.78 Å². The average Bonchev–Trinajstić information content (AvgIpc) is 2.44. The van der Waals surface area contributed by atoms with Crippen LogP contribution in [0.1, 0.15) is 11.1 Å². The van der Waals surface area contributed by atoms with Crippen LogP contribution >= 0.6 is 11.8 Å². The number of amides is 1. The van der Waals surface area contributed by atoms with E-state index >= 15 is 0 Å². The molecule has 1 amide bonds. The molecule has 0 saturated carbocycles. The Balaban J connectivity index is 1.99.